The molecule has 0 saturated heterocycles. The molecule has 0 aliphatic rings. The molecule has 2 aromatic rings. The highest BCUT2D eigenvalue weighted by molar-refractivity contribution is 6.00. The van der Waals surface area contributed by atoms with Gasteiger partial charge in [0.05, 0.1) is 0 Å². The Morgan fingerprint density at radius 3 is 2.67 bits per heavy atom. The van der Waals surface area contributed by atoms with Crippen LogP contribution in [0.2, 0.25) is 0 Å². The summed E-state index contributed by atoms with van der Waals surface area (Å²) in [6, 6.07) is 10.9. The lowest BCUT2D eigenvalue weighted by atomic mass is 10.1. The van der Waals surface area contributed by atoms with Gasteiger partial charge < -0.3 is 9.84 Å². The summed E-state index contributed by atoms with van der Waals surface area (Å²) in [6.07, 6.45) is 0. The lowest BCUT2D eigenvalue weighted by Crippen LogP contribution is -2.05. The van der Waals surface area contributed by atoms with Gasteiger partial charge in [-0.25, -0.2) is 4.79 Å². The quantitative estimate of drug-likeness (QED) is 0.835. The predicted octanol–water partition coefficient (Wildman–Crippen LogP) is 3.49. The van der Waals surface area contributed by atoms with Crippen molar-refractivity contribution in [2.24, 2.45) is 0 Å². The summed E-state index contributed by atoms with van der Waals surface area (Å²) in [5, 5.41) is 10.9. The van der Waals surface area contributed by atoms with E-state index >= 15 is 0 Å². The monoisotopic (exact) mass is 242 g/mol. The summed E-state index contributed by atoms with van der Waals surface area (Å²) < 4.78 is 5.59. The molecule has 2 aromatic carbocycles. The van der Waals surface area contributed by atoms with Crippen molar-refractivity contribution in [3.8, 4) is 5.75 Å². The molecule has 1 N–H and O–H groups in total. The molecule has 0 aromatic heterocycles. The van der Waals surface area contributed by atoms with Crippen LogP contribution < -0.4 is 4.74 Å². The van der Waals surface area contributed by atoms with Crippen LogP contribution in [0.15, 0.2) is 48.6 Å². The Morgan fingerprint density at radius 1 is 1.28 bits per heavy atom. The zero-order chi connectivity index (χ0) is 13.1. The van der Waals surface area contributed by atoms with Gasteiger partial charge >= 0.3 is 5.97 Å². The maximum absolute atomic E-state index is 11.2. The summed E-state index contributed by atoms with van der Waals surface area (Å²) in [4.78, 5) is 11.2. The molecule has 92 valence electrons. The lowest BCUT2D eigenvalue weighted by Gasteiger charge is -2.12. The van der Waals surface area contributed by atoms with Crippen LogP contribution in [0.4, 0.5) is 0 Å². The first-order valence-electron chi connectivity index (χ1n) is 5.62. The van der Waals surface area contributed by atoms with Crippen molar-refractivity contribution in [3.05, 3.63) is 54.1 Å². The summed E-state index contributed by atoms with van der Waals surface area (Å²) >= 11 is 0. The van der Waals surface area contributed by atoms with Crippen LogP contribution in [-0.4, -0.2) is 17.7 Å². The minimum absolute atomic E-state index is 0.176. The smallest absolute Gasteiger partial charge is 0.339 e. The number of hydrogen-bond acceptors (Lipinski definition) is 2. The molecule has 0 heterocycles. The Bertz CT molecular complexity index is 614. The minimum atomic E-state index is -0.988. The average Bonchev–Trinajstić information content (AvgIpc) is 2.35. The van der Waals surface area contributed by atoms with Crippen molar-refractivity contribution in [1.82, 2.24) is 0 Å². The van der Waals surface area contributed by atoms with Gasteiger partial charge in [-0.15, -0.1) is 0 Å². The van der Waals surface area contributed by atoms with E-state index in [1.165, 1.54) is 0 Å². The van der Waals surface area contributed by atoms with Crippen molar-refractivity contribution >= 4 is 16.7 Å². The Kier molecular flexibility index (Phi) is 3.33. The Hall–Kier alpha value is -2.29. The third-order valence-corrected chi connectivity index (χ3v) is 2.57. The fourth-order valence-corrected chi connectivity index (χ4v) is 1.76. The van der Waals surface area contributed by atoms with Gasteiger partial charge in [0.15, 0.2) is 0 Å². The standard InChI is InChI=1S/C15H14O3/c1-10(2)9-18-14-12-6-4-3-5-11(12)7-8-13(14)15(16)17/h3-8H,1,9H2,2H3,(H,16,17). The maximum atomic E-state index is 11.2. The molecule has 0 saturated carbocycles. The van der Waals surface area contributed by atoms with Crippen LogP contribution in [0.1, 0.15) is 17.3 Å². The number of aromatic carboxylic acids is 1. The summed E-state index contributed by atoms with van der Waals surface area (Å²) in [5.41, 5.74) is 1.02. The first-order chi connectivity index (χ1) is 8.59. The number of benzene rings is 2. The largest absolute Gasteiger partial charge is 0.488 e. The maximum Gasteiger partial charge on any atom is 0.339 e. The summed E-state index contributed by atoms with van der Waals surface area (Å²) in [7, 11) is 0. The normalized spacial score (nSPS) is 10.3. The molecule has 3 nitrogen and oxygen atoms in total. The van der Waals surface area contributed by atoms with E-state index in [9.17, 15) is 9.90 Å². The average molecular weight is 242 g/mol. The third kappa shape index (κ3) is 2.35. The van der Waals surface area contributed by atoms with Crippen LogP contribution >= 0.6 is 0 Å². The van der Waals surface area contributed by atoms with Crippen LogP contribution in [0.25, 0.3) is 10.8 Å². The van der Waals surface area contributed by atoms with E-state index in [1.807, 2.05) is 31.2 Å². The third-order valence-electron chi connectivity index (χ3n) is 2.57. The molecule has 2 rings (SSSR count). The molecule has 0 amide bonds. The molecule has 0 unspecified atom stereocenters. The van der Waals surface area contributed by atoms with E-state index in [0.29, 0.717) is 12.4 Å². The van der Waals surface area contributed by atoms with Crippen molar-refractivity contribution in [3.63, 3.8) is 0 Å². The number of rotatable bonds is 4. The number of fused-ring (bicyclic) bond motifs is 1. The number of carboxylic acid groups (broad SMARTS) is 1. The predicted molar refractivity (Wildman–Crippen MR) is 71.2 cm³/mol. The molecule has 0 radical (unpaired) electrons. The zero-order valence-electron chi connectivity index (χ0n) is 10.1. The molecule has 18 heavy (non-hydrogen) atoms. The van der Waals surface area contributed by atoms with Gasteiger partial charge in [0.1, 0.15) is 17.9 Å². The number of hydrogen-bond donors (Lipinski definition) is 1. The van der Waals surface area contributed by atoms with E-state index < -0.39 is 5.97 Å². The second-order valence-electron chi connectivity index (χ2n) is 4.21. The molecule has 0 spiro atoms. The van der Waals surface area contributed by atoms with Gasteiger partial charge in [-0.1, -0.05) is 36.9 Å². The van der Waals surface area contributed by atoms with Crippen LogP contribution in [0.5, 0.6) is 5.75 Å². The van der Waals surface area contributed by atoms with Crippen LogP contribution in [0, 0.1) is 0 Å². The number of ether oxygens (including phenoxy) is 1. The van der Waals surface area contributed by atoms with Gasteiger partial charge in [0.25, 0.3) is 0 Å². The van der Waals surface area contributed by atoms with E-state index in [4.69, 9.17) is 4.74 Å². The number of carbonyl (C=O) groups is 1. The van der Waals surface area contributed by atoms with Gasteiger partial charge in [0.2, 0.25) is 0 Å². The van der Waals surface area contributed by atoms with Gasteiger partial charge in [-0.3, -0.25) is 0 Å². The van der Waals surface area contributed by atoms with Crippen LogP contribution in [-0.2, 0) is 0 Å². The topological polar surface area (TPSA) is 46.5 Å². The van der Waals surface area contributed by atoms with E-state index in [2.05, 4.69) is 6.58 Å². The van der Waals surface area contributed by atoms with Crippen molar-refractivity contribution < 1.29 is 14.6 Å². The minimum Gasteiger partial charge on any atom is -0.488 e. The molecule has 3 heteroatoms. The van der Waals surface area contributed by atoms with E-state index in [1.54, 1.807) is 12.1 Å². The molecular weight excluding hydrogens is 228 g/mol. The van der Waals surface area contributed by atoms with Gasteiger partial charge in [-0.2, -0.15) is 0 Å². The number of carboxylic acids is 1. The SMILES string of the molecule is C=C(C)COc1c(C(=O)O)ccc2ccccc12. The second kappa shape index (κ2) is 4.92. The molecule has 0 aliphatic carbocycles. The van der Waals surface area contributed by atoms with Gasteiger partial charge in [-0.05, 0) is 23.9 Å². The van der Waals surface area contributed by atoms with E-state index in [0.717, 1.165) is 16.3 Å². The first kappa shape index (κ1) is 12.2. The Labute approximate surface area is 105 Å². The molecule has 0 atom stereocenters. The van der Waals surface area contributed by atoms with Crippen molar-refractivity contribution in [2.45, 2.75) is 6.92 Å². The fraction of sp³-hybridized carbons (Fsp3) is 0.133. The highest BCUT2D eigenvalue weighted by Crippen LogP contribution is 2.30. The van der Waals surface area contributed by atoms with Crippen LogP contribution in [0.3, 0.4) is 0 Å². The Morgan fingerprint density at radius 2 is 2.00 bits per heavy atom. The molecule has 0 bridgehead atoms. The molecule has 0 fully saturated rings. The molecular formula is C15H14O3. The first-order valence-corrected chi connectivity index (χ1v) is 5.62. The fourth-order valence-electron chi connectivity index (χ4n) is 1.76. The highest BCUT2D eigenvalue weighted by Gasteiger charge is 2.14. The molecule has 0 aliphatic heterocycles. The Balaban J connectivity index is 2.58. The second-order valence-corrected chi connectivity index (χ2v) is 4.21. The van der Waals surface area contributed by atoms with E-state index in [-0.39, 0.29) is 5.56 Å². The zero-order valence-corrected chi connectivity index (χ0v) is 10.1. The highest BCUT2D eigenvalue weighted by atomic mass is 16.5. The summed E-state index contributed by atoms with van der Waals surface area (Å²) in [6.45, 7) is 5.90. The van der Waals surface area contributed by atoms with Gasteiger partial charge in [0, 0.05) is 5.39 Å². The van der Waals surface area contributed by atoms with Crippen molar-refractivity contribution in [2.75, 3.05) is 6.61 Å². The lowest BCUT2D eigenvalue weighted by molar-refractivity contribution is 0.0693. The summed E-state index contributed by atoms with van der Waals surface area (Å²) in [5.74, 6) is -0.582. The van der Waals surface area contributed by atoms with Crippen molar-refractivity contribution in [1.29, 1.82) is 0 Å².